The normalized spacial score (nSPS) is 20.7. The van der Waals surface area contributed by atoms with E-state index in [9.17, 15) is 4.79 Å². The van der Waals surface area contributed by atoms with Gasteiger partial charge < -0.3 is 5.32 Å². The lowest BCUT2D eigenvalue weighted by Crippen LogP contribution is -2.47. The minimum Gasteiger partial charge on any atom is -0.310 e. The van der Waals surface area contributed by atoms with Crippen molar-refractivity contribution in [3.05, 3.63) is 63.1 Å². The molecule has 0 radical (unpaired) electrons. The van der Waals surface area contributed by atoms with Crippen LogP contribution in [-0.2, 0) is 25.9 Å². The van der Waals surface area contributed by atoms with E-state index >= 15 is 0 Å². The van der Waals surface area contributed by atoms with E-state index in [-0.39, 0.29) is 5.56 Å². The Labute approximate surface area is 162 Å². The van der Waals surface area contributed by atoms with E-state index in [1.54, 1.807) is 0 Å². The molecule has 0 spiro atoms. The van der Waals surface area contributed by atoms with Gasteiger partial charge in [0.25, 0.3) is 5.56 Å². The van der Waals surface area contributed by atoms with Crippen LogP contribution in [0.4, 0.5) is 0 Å². The molecule has 1 fully saturated rings. The Kier molecular flexibility index (Phi) is 6.80. The highest BCUT2D eigenvalue weighted by Gasteiger charge is 2.25. The first-order chi connectivity index (χ1) is 13.1. The van der Waals surface area contributed by atoms with Crippen LogP contribution in [0.25, 0.3) is 0 Å². The maximum Gasteiger partial charge on any atom is 0.268 e. The fourth-order valence-electron chi connectivity index (χ4n) is 4.17. The molecule has 5 nitrogen and oxygen atoms in total. The molecule has 2 aromatic rings. The van der Waals surface area contributed by atoms with Crippen molar-refractivity contribution >= 4 is 0 Å². The van der Waals surface area contributed by atoms with Gasteiger partial charge in [-0.15, -0.1) is 0 Å². The summed E-state index contributed by atoms with van der Waals surface area (Å²) in [5, 5.41) is 10.5. The second kappa shape index (κ2) is 9.29. The molecule has 5 heteroatoms. The molecule has 1 saturated heterocycles. The minimum atomic E-state index is -0.0499. The lowest BCUT2D eigenvalue weighted by Gasteiger charge is -2.38. The number of H-pyrrole nitrogens is 1. The summed E-state index contributed by atoms with van der Waals surface area (Å²) >= 11 is 0. The third-order valence-corrected chi connectivity index (χ3v) is 5.78. The summed E-state index contributed by atoms with van der Waals surface area (Å²) in [6, 6.07) is 11.7. The molecule has 0 unspecified atom stereocenters. The van der Waals surface area contributed by atoms with Crippen molar-refractivity contribution in [3.63, 3.8) is 0 Å². The molecule has 1 aromatic heterocycles. The van der Waals surface area contributed by atoms with E-state index in [1.165, 1.54) is 5.56 Å². The van der Waals surface area contributed by atoms with Crippen LogP contribution in [0.3, 0.4) is 0 Å². The van der Waals surface area contributed by atoms with Crippen molar-refractivity contribution in [2.24, 2.45) is 0 Å². The number of aryl methyl sites for hydroxylation is 1. The van der Waals surface area contributed by atoms with Crippen LogP contribution in [-0.4, -0.2) is 33.7 Å². The molecule has 0 saturated carbocycles. The fraction of sp³-hybridized carbons (Fsp3) is 0.545. The van der Waals surface area contributed by atoms with Gasteiger partial charge in [-0.1, -0.05) is 44.2 Å². The van der Waals surface area contributed by atoms with Crippen LogP contribution in [0.2, 0.25) is 0 Å². The predicted octanol–water partition coefficient (Wildman–Crippen LogP) is 3.04. The molecule has 146 valence electrons. The number of rotatable bonds is 7. The summed E-state index contributed by atoms with van der Waals surface area (Å²) in [5.74, 6) is 0. The summed E-state index contributed by atoms with van der Waals surface area (Å²) < 4.78 is 0. The Morgan fingerprint density at radius 3 is 2.63 bits per heavy atom. The lowest BCUT2D eigenvalue weighted by atomic mass is 9.96. The van der Waals surface area contributed by atoms with E-state index < -0.39 is 0 Å². The standard InChI is InChI=1S/C22H32N4O/c1-4-19-20(22(27)25-24-21(19)5-2)14-23-18-11-12-26(16(3)13-18)15-17-9-7-6-8-10-17/h6-10,16,18,23H,4-5,11-15H2,1-3H3,(H,25,27)/t16-,18+/m1/s1. The van der Waals surface area contributed by atoms with Crippen molar-refractivity contribution in [1.82, 2.24) is 20.4 Å². The molecule has 2 heterocycles. The number of benzene rings is 1. The lowest BCUT2D eigenvalue weighted by molar-refractivity contribution is 0.128. The van der Waals surface area contributed by atoms with Gasteiger partial charge in [0.1, 0.15) is 0 Å². The van der Waals surface area contributed by atoms with Gasteiger partial charge in [0, 0.05) is 37.3 Å². The monoisotopic (exact) mass is 368 g/mol. The van der Waals surface area contributed by atoms with Gasteiger partial charge in [0.15, 0.2) is 0 Å². The maximum absolute atomic E-state index is 12.3. The quantitative estimate of drug-likeness (QED) is 0.789. The number of aromatic nitrogens is 2. The number of piperidine rings is 1. The molecule has 1 aromatic carbocycles. The Bertz CT molecular complexity index is 787. The smallest absolute Gasteiger partial charge is 0.268 e. The Hall–Kier alpha value is -1.98. The fourth-order valence-corrected chi connectivity index (χ4v) is 4.17. The van der Waals surface area contributed by atoms with Crippen molar-refractivity contribution in [2.45, 2.75) is 71.6 Å². The predicted molar refractivity (Wildman–Crippen MR) is 110 cm³/mol. The van der Waals surface area contributed by atoms with Crippen LogP contribution in [0.15, 0.2) is 35.1 Å². The van der Waals surface area contributed by atoms with Gasteiger partial charge in [-0.05, 0) is 43.7 Å². The van der Waals surface area contributed by atoms with Gasteiger partial charge in [-0.25, -0.2) is 5.10 Å². The van der Waals surface area contributed by atoms with Gasteiger partial charge in [0.05, 0.1) is 5.69 Å². The number of hydrogen-bond acceptors (Lipinski definition) is 4. The molecule has 0 bridgehead atoms. The third kappa shape index (κ3) is 4.85. The van der Waals surface area contributed by atoms with E-state index in [1.807, 2.05) is 0 Å². The molecule has 0 aliphatic carbocycles. The van der Waals surface area contributed by atoms with E-state index in [4.69, 9.17) is 0 Å². The molecular formula is C22H32N4O. The molecule has 2 atom stereocenters. The summed E-state index contributed by atoms with van der Waals surface area (Å²) in [4.78, 5) is 14.8. The maximum atomic E-state index is 12.3. The van der Waals surface area contributed by atoms with E-state index in [0.717, 1.165) is 55.6 Å². The average molecular weight is 369 g/mol. The Morgan fingerprint density at radius 2 is 1.96 bits per heavy atom. The molecule has 3 rings (SSSR count). The molecule has 0 amide bonds. The molecule has 1 aliphatic rings. The number of nitrogens with one attached hydrogen (secondary N) is 2. The third-order valence-electron chi connectivity index (χ3n) is 5.78. The van der Waals surface area contributed by atoms with Crippen molar-refractivity contribution in [1.29, 1.82) is 0 Å². The van der Waals surface area contributed by atoms with E-state index in [2.05, 4.69) is 71.5 Å². The van der Waals surface area contributed by atoms with Crippen LogP contribution in [0.5, 0.6) is 0 Å². The Morgan fingerprint density at radius 1 is 1.19 bits per heavy atom. The Balaban J connectivity index is 1.59. The minimum absolute atomic E-state index is 0.0499. The second-order valence-electron chi connectivity index (χ2n) is 7.57. The zero-order valence-corrected chi connectivity index (χ0v) is 16.8. The summed E-state index contributed by atoms with van der Waals surface area (Å²) in [6.07, 6.45) is 3.92. The molecule has 1 aliphatic heterocycles. The van der Waals surface area contributed by atoms with Crippen molar-refractivity contribution in [2.75, 3.05) is 6.54 Å². The zero-order valence-electron chi connectivity index (χ0n) is 16.8. The topological polar surface area (TPSA) is 61.0 Å². The second-order valence-corrected chi connectivity index (χ2v) is 7.57. The largest absolute Gasteiger partial charge is 0.310 e. The summed E-state index contributed by atoms with van der Waals surface area (Å²) in [7, 11) is 0. The SMILES string of the molecule is CCc1n[nH]c(=O)c(CN[C@H]2CCN(Cc3ccccc3)[C@H](C)C2)c1CC. The zero-order chi connectivity index (χ0) is 19.2. The molecule has 27 heavy (non-hydrogen) atoms. The highest BCUT2D eigenvalue weighted by Crippen LogP contribution is 2.20. The van der Waals surface area contributed by atoms with Crippen LogP contribution in [0.1, 0.15) is 56.0 Å². The first-order valence-corrected chi connectivity index (χ1v) is 10.2. The number of aromatic amines is 1. The van der Waals surface area contributed by atoms with Gasteiger partial charge in [-0.3, -0.25) is 9.69 Å². The van der Waals surface area contributed by atoms with Gasteiger partial charge in [0.2, 0.25) is 0 Å². The van der Waals surface area contributed by atoms with Crippen molar-refractivity contribution < 1.29 is 0 Å². The van der Waals surface area contributed by atoms with E-state index in [0.29, 0.717) is 18.6 Å². The number of hydrogen-bond donors (Lipinski definition) is 2. The molecular weight excluding hydrogens is 336 g/mol. The summed E-state index contributed by atoms with van der Waals surface area (Å²) in [6.45, 7) is 9.22. The first kappa shape index (κ1) is 19.8. The highest BCUT2D eigenvalue weighted by atomic mass is 16.1. The highest BCUT2D eigenvalue weighted by molar-refractivity contribution is 5.28. The number of likely N-dealkylation sites (tertiary alicyclic amines) is 1. The van der Waals surface area contributed by atoms with Crippen LogP contribution < -0.4 is 10.9 Å². The number of nitrogens with zero attached hydrogens (tertiary/aromatic N) is 2. The van der Waals surface area contributed by atoms with Gasteiger partial charge >= 0.3 is 0 Å². The average Bonchev–Trinajstić information content (AvgIpc) is 2.69. The summed E-state index contributed by atoms with van der Waals surface area (Å²) in [5.41, 5.74) is 4.32. The van der Waals surface area contributed by atoms with Crippen molar-refractivity contribution in [3.8, 4) is 0 Å². The molecule has 2 N–H and O–H groups in total. The van der Waals surface area contributed by atoms with Crippen LogP contribution in [0, 0.1) is 0 Å². The van der Waals surface area contributed by atoms with Gasteiger partial charge in [-0.2, -0.15) is 5.10 Å². The van der Waals surface area contributed by atoms with Crippen LogP contribution >= 0.6 is 0 Å². The first-order valence-electron chi connectivity index (χ1n) is 10.2.